The number of benzene rings is 2. The van der Waals surface area contributed by atoms with Crippen LogP contribution in [0.2, 0.25) is 0 Å². The third-order valence-corrected chi connectivity index (χ3v) is 7.46. The van der Waals surface area contributed by atoms with Gasteiger partial charge in [0.25, 0.3) is 0 Å². The van der Waals surface area contributed by atoms with Crippen LogP contribution in [0.5, 0.6) is 0 Å². The number of hydrogen-bond donors (Lipinski definition) is 1. The molecule has 32 heavy (non-hydrogen) atoms. The van der Waals surface area contributed by atoms with Crippen LogP contribution in [-0.4, -0.2) is 34.6 Å². The molecule has 0 aliphatic heterocycles. The van der Waals surface area contributed by atoms with E-state index in [2.05, 4.69) is 52.4 Å². The minimum absolute atomic E-state index is 0.00613. The Bertz CT molecular complexity index is 897. The second-order valence-corrected chi connectivity index (χ2v) is 10.6. The highest BCUT2D eigenvalue weighted by Gasteiger charge is 2.28. The van der Waals surface area contributed by atoms with Crippen molar-refractivity contribution in [1.29, 1.82) is 0 Å². The summed E-state index contributed by atoms with van der Waals surface area (Å²) in [6.07, 6.45) is 5.63. The highest BCUT2D eigenvalue weighted by atomic mass is 79.9. The molecule has 1 saturated carbocycles. The van der Waals surface area contributed by atoms with Gasteiger partial charge in [-0.15, -0.1) is 11.8 Å². The molecule has 0 heterocycles. The molecule has 1 fully saturated rings. The van der Waals surface area contributed by atoms with Gasteiger partial charge in [-0.05, 0) is 49.9 Å². The van der Waals surface area contributed by atoms with Gasteiger partial charge in [-0.25, -0.2) is 0 Å². The van der Waals surface area contributed by atoms with Crippen LogP contribution in [0.25, 0.3) is 0 Å². The first-order valence-corrected chi connectivity index (χ1v) is 13.3. The summed E-state index contributed by atoms with van der Waals surface area (Å²) >= 11 is 5.10. The van der Waals surface area contributed by atoms with Crippen molar-refractivity contribution in [3.8, 4) is 0 Å². The van der Waals surface area contributed by atoms with E-state index in [1.807, 2.05) is 31.2 Å². The number of carbonyl (C=O) groups is 2. The molecule has 0 spiro atoms. The van der Waals surface area contributed by atoms with Crippen LogP contribution in [-0.2, 0) is 21.9 Å². The van der Waals surface area contributed by atoms with Gasteiger partial charge in [-0.1, -0.05) is 77.2 Å². The van der Waals surface area contributed by atoms with E-state index in [4.69, 9.17) is 0 Å². The molecule has 2 aromatic rings. The van der Waals surface area contributed by atoms with E-state index < -0.39 is 6.04 Å². The van der Waals surface area contributed by atoms with Crippen LogP contribution < -0.4 is 5.32 Å². The number of halogens is 1. The highest BCUT2D eigenvalue weighted by Crippen LogP contribution is 2.20. The fourth-order valence-corrected chi connectivity index (χ4v) is 5.32. The molecule has 2 amide bonds. The summed E-state index contributed by atoms with van der Waals surface area (Å²) in [7, 11) is 0. The normalized spacial score (nSPS) is 15.2. The predicted molar refractivity (Wildman–Crippen MR) is 137 cm³/mol. The SMILES string of the molecule is Cc1ccc(CSCC(=O)N(Cc2cccc(Br)c2)[C@H](C)C(=O)NC2CCCCC2)cc1. The van der Waals surface area contributed by atoms with Gasteiger partial charge in [0.15, 0.2) is 0 Å². The maximum absolute atomic E-state index is 13.2. The lowest BCUT2D eigenvalue weighted by molar-refractivity contribution is -0.139. The second-order valence-electron chi connectivity index (χ2n) is 8.65. The van der Waals surface area contributed by atoms with Crippen LogP contribution in [0.3, 0.4) is 0 Å². The Morgan fingerprint density at radius 3 is 2.50 bits per heavy atom. The summed E-state index contributed by atoms with van der Waals surface area (Å²) in [6.45, 7) is 4.33. The Labute approximate surface area is 204 Å². The Balaban J connectivity index is 1.64. The largest absolute Gasteiger partial charge is 0.352 e. The number of rotatable bonds is 9. The van der Waals surface area contributed by atoms with Crippen molar-refractivity contribution >= 4 is 39.5 Å². The molecule has 0 aromatic heterocycles. The first-order valence-electron chi connectivity index (χ1n) is 11.4. The Morgan fingerprint density at radius 2 is 1.81 bits per heavy atom. The van der Waals surface area contributed by atoms with Crippen molar-refractivity contribution in [2.45, 2.75) is 70.3 Å². The van der Waals surface area contributed by atoms with Crippen molar-refractivity contribution in [3.05, 3.63) is 69.7 Å². The number of hydrogen-bond acceptors (Lipinski definition) is 3. The molecule has 1 N–H and O–H groups in total. The predicted octanol–water partition coefficient (Wildman–Crippen LogP) is 5.86. The second kappa shape index (κ2) is 12.4. The molecular formula is C26H33BrN2O2S. The van der Waals surface area contributed by atoms with Crippen molar-refractivity contribution < 1.29 is 9.59 Å². The molecule has 1 aliphatic rings. The summed E-state index contributed by atoms with van der Waals surface area (Å²) in [5.41, 5.74) is 3.44. The number of amides is 2. The lowest BCUT2D eigenvalue weighted by atomic mass is 9.95. The summed E-state index contributed by atoms with van der Waals surface area (Å²) in [6, 6.07) is 16.0. The zero-order chi connectivity index (χ0) is 22.9. The van der Waals surface area contributed by atoms with E-state index in [0.29, 0.717) is 12.3 Å². The van der Waals surface area contributed by atoms with Crippen LogP contribution >= 0.6 is 27.7 Å². The fourth-order valence-electron chi connectivity index (χ4n) is 4.01. The Morgan fingerprint density at radius 1 is 1.09 bits per heavy atom. The average Bonchev–Trinajstić information content (AvgIpc) is 2.79. The smallest absolute Gasteiger partial charge is 0.242 e. The van der Waals surface area contributed by atoms with E-state index in [9.17, 15) is 9.59 Å². The first-order chi connectivity index (χ1) is 15.4. The van der Waals surface area contributed by atoms with Crippen LogP contribution in [0, 0.1) is 6.92 Å². The number of carbonyl (C=O) groups excluding carboxylic acids is 2. The summed E-state index contributed by atoms with van der Waals surface area (Å²) in [4.78, 5) is 28.0. The van der Waals surface area contributed by atoms with Crippen LogP contribution in [0.1, 0.15) is 55.7 Å². The quantitative estimate of drug-likeness (QED) is 0.454. The lowest BCUT2D eigenvalue weighted by Gasteiger charge is -2.31. The van der Waals surface area contributed by atoms with Gasteiger partial charge in [-0.2, -0.15) is 0 Å². The van der Waals surface area contributed by atoms with Crippen molar-refractivity contribution in [1.82, 2.24) is 10.2 Å². The summed E-state index contributed by atoms with van der Waals surface area (Å²) in [5.74, 6) is 1.07. The number of nitrogens with zero attached hydrogens (tertiary/aromatic N) is 1. The van der Waals surface area contributed by atoms with Gasteiger partial charge in [0, 0.05) is 22.8 Å². The van der Waals surface area contributed by atoms with Crippen molar-refractivity contribution in [2.75, 3.05) is 5.75 Å². The molecule has 172 valence electrons. The topological polar surface area (TPSA) is 49.4 Å². The molecule has 0 bridgehead atoms. The summed E-state index contributed by atoms with van der Waals surface area (Å²) < 4.78 is 0.968. The Hall–Kier alpha value is -1.79. The summed E-state index contributed by atoms with van der Waals surface area (Å²) in [5, 5.41) is 3.19. The molecule has 0 saturated heterocycles. The fraction of sp³-hybridized carbons (Fsp3) is 0.462. The van der Waals surface area contributed by atoms with E-state index in [-0.39, 0.29) is 17.9 Å². The maximum atomic E-state index is 13.2. The zero-order valence-corrected chi connectivity index (χ0v) is 21.4. The molecule has 4 nitrogen and oxygen atoms in total. The van der Waals surface area contributed by atoms with Crippen LogP contribution in [0.15, 0.2) is 53.0 Å². The van der Waals surface area contributed by atoms with Gasteiger partial charge in [0.05, 0.1) is 5.75 Å². The minimum atomic E-state index is -0.511. The molecular weight excluding hydrogens is 484 g/mol. The maximum Gasteiger partial charge on any atom is 0.242 e. The number of thioether (sulfide) groups is 1. The van der Waals surface area contributed by atoms with Gasteiger partial charge in [0.2, 0.25) is 11.8 Å². The molecule has 6 heteroatoms. The van der Waals surface area contributed by atoms with E-state index in [0.717, 1.165) is 41.5 Å². The van der Waals surface area contributed by atoms with Gasteiger partial charge in [-0.3, -0.25) is 9.59 Å². The van der Waals surface area contributed by atoms with Gasteiger partial charge >= 0.3 is 0 Å². The van der Waals surface area contributed by atoms with Crippen molar-refractivity contribution in [3.63, 3.8) is 0 Å². The molecule has 2 aromatic carbocycles. The third-order valence-electron chi connectivity index (χ3n) is 5.98. The molecule has 1 aliphatic carbocycles. The third kappa shape index (κ3) is 7.66. The van der Waals surface area contributed by atoms with E-state index in [1.165, 1.54) is 17.5 Å². The van der Waals surface area contributed by atoms with Crippen LogP contribution in [0.4, 0.5) is 0 Å². The first kappa shape index (κ1) is 24.8. The Kier molecular flexibility index (Phi) is 9.67. The van der Waals surface area contributed by atoms with Gasteiger partial charge < -0.3 is 10.2 Å². The average molecular weight is 518 g/mol. The number of aryl methyl sites for hydroxylation is 1. The van der Waals surface area contributed by atoms with Gasteiger partial charge in [0.1, 0.15) is 6.04 Å². The number of nitrogens with one attached hydrogen (secondary N) is 1. The minimum Gasteiger partial charge on any atom is -0.352 e. The zero-order valence-electron chi connectivity index (χ0n) is 19.0. The standard InChI is InChI=1S/C26H33BrN2O2S/c1-19-11-13-21(14-12-19)17-32-18-25(30)29(16-22-7-6-8-23(27)15-22)20(2)26(31)28-24-9-4-3-5-10-24/h6-8,11-15,20,24H,3-5,9-10,16-18H2,1-2H3,(H,28,31)/t20-/m1/s1. The molecule has 3 rings (SSSR count). The molecule has 0 radical (unpaired) electrons. The lowest BCUT2D eigenvalue weighted by Crippen LogP contribution is -2.50. The molecule has 1 atom stereocenters. The highest BCUT2D eigenvalue weighted by molar-refractivity contribution is 9.10. The van der Waals surface area contributed by atoms with E-state index >= 15 is 0 Å². The van der Waals surface area contributed by atoms with Crippen molar-refractivity contribution in [2.24, 2.45) is 0 Å². The molecule has 0 unspecified atom stereocenters. The van der Waals surface area contributed by atoms with E-state index in [1.54, 1.807) is 16.7 Å². The monoisotopic (exact) mass is 516 g/mol.